The monoisotopic (exact) mass is 275 g/mol. The number of nitrogens with zero attached hydrogens (tertiary/aromatic N) is 2. The average molecular weight is 275 g/mol. The van der Waals surface area contributed by atoms with Crippen molar-refractivity contribution in [2.45, 2.75) is 13.8 Å². The predicted molar refractivity (Wildman–Crippen MR) is 75.2 cm³/mol. The summed E-state index contributed by atoms with van der Waals surface area (Å²) in [5.74, 6) is -0.816. The lowest BCUT2D eigenvalue weighted by molar-refractivity contribution is -0.115. The average Bonchev–Trinajstić information content (AvgIpc) is 2.75. The Hall–Kier alpha value is -2.21. The highest BCUT2D eigenvalue weighted by molar-refractivity contribution is 7.05. The molecule has 98 valence electrons. The van der Waals surface area contributed by atoms with Crippen molar-refractivity contribution in [1.82, 2.24) is 4.37 Å². The van der Waals surface area contributed by atoms with Crippen molar-refractivity contribution in [3.63, 3.8) is 0 Å². The van der Waals surface area contributed by atoms with E-state index in [1.54, 1.807) is 30.3 Å². The van der Waals surface area contributed by atoms with Gasteiger partial charge in [-0.15, -0.1) is 0 Å². The second-order valence-corrected chi connectivity index (χ2v) is 5.09. The zero-order valence-corrected chi connectivity index (χ0v) is 11.4. The smallest absolute Gasteiger partial charge is 0.284 e. The molecule has 0 saturated heterocycles. The summed E-state index contributed by atoms with van der Waals surface area (Å²) in [6.45, 7) is 3.19. The fraction of sp³-hybridized carbons (Fsp3) is 0.154. The standard InChI is InChI=1S/C13H13N3O2S/c1-8-6-12(15-19-8)13(18)16(9(2)17)11-5-3-4-10(14)7-11/h3-7H,14H2,1-2H3. The highest BCUT2D eigenvalue weighted by Gasteiger charge is 2.23. The predicted octanol–water partition coefficient (Wildman–Crippen LogP) is 2.23. The van der Waals surface area contributed by atoms with Gasteiger partial charge in [0, 0.05) is 17.5 Å². The number of benzene rings is 1. The van der Waals surface area contributed by atoms with E-state index in [4.69, 9.17) is 5.73 Å². The van der Waals surface area contributed by atoms with Crippen LogP contribution in [-0.2, 0) is 4.79 Å². The maximum absolute atomic E-state index is 12.3. The van der Waals surface area contributed by atoms with Gasteiger partial charge in [0.2, 0.25) is 5.91 Å². The third kappa shape index (κ3) is 2.79. The van der Waals surface area contributed by atoms with Gasteiger partial charge in [0.05, 0.1) is 5.69 Å². The summed E-state index contributed by atoms with van der Waals surface area (Å²) in [4.78, 5) is 26.0. The van der Waals surface area contributed by atoms with Crippen LogP contribution in [0.5, 0.6) is 0 Å². The number of carbonyl (C=O) groups excluding carboxylic acids is 2. The first kappa shape index (κ1) is 13.2. The second kappa shape index (κ2) is 5.19. The normalized spacial score (nSPS) is 10.2. The lowest BCUT2D eigenvalue weighted by atomic mass is 10.2. The van der Waals surface area contributed by atoms with E-state index in [0.717, 1.165) is 9.78 Å². The van der Waals surface area contributed by atoms with Crippen LogP contribution in [0.3, 0.4) is 0 Å². The van der Waals surface area contributed by atoms with E-state index in [1.807, 2.05) is 6.92 Å². The Balaban J connectivity index is 2.41. The van der Waals surface area contributed by atoms with E-state index in [0.29, 0.717) is 11.4 Å². The number of rotatable bonds is 2. The van der Waals surface area contributed by atoms with E-state index in [2.05, 4.69) is 4.37 Å². The molecule has 0 atom stereocenters. The molecule has 1 aromatic carbocycles. The molecule has 0 saturated carbocycles. The van der Waals surface area contributed by atoms with Gasteiger partial charge < -0.3 is 5.73 Å². The van der Waals surface area contributed by atoms with Gasteiger partial charge >= 0.3 is 0 Å². The number of anilines is 2. The number of nitrogen functional groups attached to an aromatic ring is 1. The first-order valence-electron chi connectivity index (χ1n) is 5.63. The van der Waals surface area contributed by atoms with Gasteiger partial charge in [0.25, 0.3) is 5.91 Å². The summed E-state index contributed by atoms with van der Waals surface area (Å²) < 4.78 is 4.03. The summed E-state index contributed by atoms with van der Waals surface area (Å²) in [7, 11) is 0. The number of hydrogen-bond donors (Lipinski definition) is 1. The lowest BCUT2D eigenvalue weighted by Gasteiger charge is -2.18. The van der Waals surface area contributed by atoms with Crippen molar-refractivity contribution in [3.05, 3.63) is 40.9 Å². The van der Waals surface area contributed by atoms with Crippen LogP contribution >= 0.6 is 11.5 Å². The molecule has 0 unspecified atom stereocenters. The number of aromatic nitrogens is 1. The van der Waals surface area contributed by atoms with E-state index in [-0.39, 0.29) is 11.6 Å². The van der Waals surface area contributed by atoms with Gasteiger partial charge in [-0.2, -0.15) is 4.37 Å². The molecule has 0 aliphatic heterocycles. The third-order valence-electron chi connectivity index (χ3n) is 2.49. The Morgan fingerprint density at radius 3 is 2.58 bits per heavy atom. The molecule has 2 aromatic rings. The van der Waals surface area contributed by atoms with Crippen LogP contribution in [0.2, 0.25) is 0 Å². The van der Waals surface area contributed by atoms with Crippen molar-refractivity contribution in [3.8, 4) is 0 Å². The molecule has 2 amide bonds. The number of imide groups is 1. The Bertz CT molecular complexity index is 636. The van der Waals surface area contributed by atoms with Gasteiger partial charge in [0.15, 0.2) is 0 Å². The number of amides is 2. The molecule has 0 bridgehead atoms. The SMILES string of the molecule is CC(=O)N(C(=O)c1cc(C)sn1)c1cccc(N)c1. The van der Waals surface area contributed by atoms with Crippen LogP contribution in [0, 0.1) is 6.92 Å². The Morgan fingerprint density at radius 1 is 1.32 bits per heavy atom. The quantitative estimate of drug-likeness (QED) is 0.853. The van der Waals surface area contributed by atoms with Crippen molar-refractivity contribution in [1.29, 1.82) is 0 Å². The molecule has 0 spiro atoms. The number of hydrogen-bond acceptors (Lipinski definition) is 5. The Labute approximate surface area is 114 Å². The fourth-order valence-electron chi connectivity index (χ4n) is 1.69. The van der Waals surface area contributed by atoms with E-state index >= 15 is 0 Å². The molecule has 0 aliphatic rings. The zero-order valence-electron chi connectivity index (χ0n) is 10.6. The van der Waals surface area contributed by atoms with Crippen molar-refractivity contribution in [2.24, 2.45) is 0 Å². The first-order chi connectivity index (χ1) is 8.99. The minimum Gasteiger partial charge on any atom is -0.399 e. The molecule has 1 heterocycles. The molecule has 1 aromatic heterocycles. The second-order valence-electron chi connectivity index (χ2n) is 4.08. The first-order valence-corrected chi connectivity index (χ1v) is 6.40. The maximum Gasteiger partial charge on any atom is 0.284 e. The Kier molecular flexibility index (Phi) is 3.62. The van der Waals surface area contributed by atoms with Gasteiger partial charge in [-0.3, -0.25) is 9.59 Å². The van der Waals surface area contributed by atoms with Crippen LogP contribution in [0.15, 0.2) is 30.3 Å². The van der Waals surface area contributed by atoms with Gasteiger partial charge in [-0.05, 0) is 42.7 Å². The van der Waals surface area contributed by atoms with Crippen LogP contribution in [0.1, 0.15) is 22.3 Å². The van der Waals surface area contributed by atoms with Crippen molar-refractivity contribution >= 4 is 34.7 Å². The minimum atomic E-state index is -0.442. The molecular formula is C13H13N3O2S. The number of carbonyl (C=O) groups is 2. The van der Waals surface area contributed by atoms with E-state index in [9.17, 15) is 9.59 Å². The van der Waals surface area contributed by atoms with Crippen LogP contribution < -0.4 is 10.6 Å². The topological polar surface area (TPSA) is 76.3 Å². The van der Waals surface area contributed by atoms with Crippen molar-refractivity contribution in [2.75, 3.05) is 10.6 Å². The van der Waals surface area contributed by atoms with E-state index in [1.165, 1.54) is 18.5 Å². The molecule has 2 N–H and O–H groups in total. The van der Waals surface area contributed by atoms with Crippen LogP contribution in [0.4, 0.5) is 11.4 Å². The fourth-order valence-corrected chi connectivity index (χ4v) is 2.23. The number of nitrogens with two attached hydrogens (primary N) is 1. The summed E-state index contributed by atoms with van der Waals surface area (Å²) >= 11 is 1.23. The largest absolute Gasteiger partial charge is 0.399 e. The molecule has 6 heteroatoms. The molecule has 19 heavy (non-hydrogen) atoms. The summed E-state index contributed by atoms with van der Waals surface area (Å²) in [5.41, 5.74) is 6.88. The highest BCUT2D eigenvalue weighted by Crippen LogP contribution is 2.21. The molecule has 0 aliphatic carbocycles. The summed E-state index contributed by atoms with van der Waals surface area (Å²) in [6.07, 6.45) is 0. The third-order valence-corrected chi connectivity index (χ3v) is 3.19. The molecule has 0 radical (unpaired) electrons. The minimum absolute atomic E-state index is 0.264. The maximum atomic E-state index is 12.3. The highest BCUT2D eigenvalue weighted by atomic mass is 32.1. The molecule has 0 fully saturated rings. The van der Waals surface area contributed by atoms with Crippen LogP contribution in [0.25, 0.3) is 0 Å². The number of aryl methyl sites for hydroxylation is 1. The van der Waals surface area contributed by atoms with Crippen LogP contribution in [-0.4, -0.2) is 16.2 Å². The van der Waals surface area contributed by atoms with Crippen molar-refractivity contribution < 1.29 is 9.59 Å². The molecule has 5 nitrogen and oxygen atoms in total. The van der Waals surface area contributed by atoms with Gasteiger partial charge in [0.1, 0.15) is 5.69 Å². The summed E-state index contributed by atoms with van der Waals surface area (Å²) in [6, 6.07) is 8.29. The lowest BCUT2D eigenvalue weighted by Crippen LogP contribution is -2.35. The van der Waals surface area contributed by atoms with E-state index < -0.39 is 5.91 Å². The van der Waals surface area contributed by atoms with Gasteiger partial charge in [-0.1, -0.05) is 6.07 Å². The molecular weight excluding hydrogens is 262 g/mol. The zero-order chi connectivity index (χ0) is 14.0. The van der Waals surface area contributed by atoms with Gasteiger partial charge in [-0.25, -0.2) is 4.90 Å². The Morgan fingerprint density at radius 2 is 2.05 bits per heavy atom. The summed E-state index contributed by atoms with van der Waals surface area (Å²) in [5, 5.41) is 0. The molecule has 2 rings (SSSR count).